The smallest absolute Gasteiger partial charge is 0.256 e. The summed E-state index contributed by atoms with van der Waals surface area (Å²) in [4.78, 5) is 4.55. The molecular formula is C19H16FN5. The maximum Gasteiger partial charge on any atom is 0.256 e. The fraction of sp³-hybridized carbons (Fsp3) is 0.105. The molecule has 0 saturated heterocycles. The number of benzene rings is 2. The van der Waals surface area contributed by atoms with Gasteiger partial charge in [0.1, 0.15) is 5.82 Å². The number of anilines is 1. The van der Waals surface area contributed by atoms with Gasteiger partial charge in [-0.05, 0) is 36.8 Å². The van der Waals surface area contributed by atoms with Crippen LogP contribution in [0, 0.1) is 12.7 Å². The van der Waals surface area contributed by atoms with Gasteiger partial charge in [-0.1, -0.05) is 30.3 Å². The van der Waals surface area contributed by atoms with Gasteiger partial charge in [0.15, 0.2) is 5.82 Å². The number of nitrogens with one attached hydrogen (secondary N) is 1. The Balaban J connectivity index is 1.64. The van der Waals surface area contributed by atoms with Gasteiger partial charge in [-0.25, -0.2) is 4.39 Å². The molecule has 0 saturated carbocycles. The lowest BCUT2D eigenvalue weighted by Crippen LogP contribution is -2.08. The van der Waals surface area contributed by atoms with Gasteiger partial charge < -0.3 is 5.32 Å². The van der Waals surface area contributed by atoms with Crippen molar-refractivity contribution in [1.82, 2.24) is 19.7 Å². The standard InChI is InChI=1S/C19H16FN5/c1-13-9-15-6-2-3-8-17(15)25(13)19-23-18(12-22-24-19)21-11-14-5-4-7-16(20)10-14/h2-10,12H,11H2,1H3,(H,21,23,24). The first-order valence-electron chi connectivity index (χ1n) is 7.96. The number of rotatable bonds is 4. The van der Waals surface area contributed by atoms with E-state index in [2.05, 4.69) is 32.6 Å². The summed E-state index contributed by atoms with van der Waals surface area (Å²) in [7, 11) is 0. The summed E-state index contributed by atoms with van der Waals surface area (Å²) in [5.41, 5.74) is 2.90. The van der Waals surface area contributed by atoms with Crippen molar-refractivity contribution < 1.29 is 4.39 Å². The molecule has 0 radical (unpaired) electrons. The lowest BCUT2D eigenvalue weighted by molar-refractivity contribution is 0.626. The van der Waals surface area contributed by atoms with E-state index < -0.39 is 0 Å². The van der Waals surface area contributed by atoms with Crippen LogP contribution < -0.4 is 5.32 Å². The van der Waals surface area contributed by atoms with Gasteiger partial charge in [0, 0.05) is 17.6 Å². The molecule has 0 aliphatic heterocycles. The van der Waals surface area contributed by atoms with Crippen molar-refractivity contribution in [3.8, 4) is 5.95 Å². The molecule has 4 aromatic rings. The second kappa shape index (κ2) is 6.32. The molecule has 124 valence electrons. The van der Waals surface area contributed by atoms with Gasteiger partial charge in [0.25, 0.3) is 5.95 Å². The van der Waals surface area contributed by atoms with Crippen LogP contribution >= 0.6 is 0 Å². The summed E-state index contributed by atoms with van der Waals surface area (Å²) in [6.07, 6.45) is 1.56. The van der Waals surface area contributed by atoms with Crippen molar-refractivity contribution in [2.45, 2.75) is 13.5 Å². The maximum atomic E-state index is 13.3. The lowest BCUT2D eigenvalue weighted by atomic mass is 10.2. The highest BCUT2D eigenvalue weighted by Crippen LogP contribution is 2.22. The van der Waals surface area contributed by atoms with Gasteiger partial charge >= 0.3 is 0 Å². The second-order valence-corrected chi connectivity index (χ2v) is 5.81. The Morgan fingerprint density at radius 3 is 2.84 bits per heavy atom. The predicted octanol–water partition coefficient (Wildman–Crippen LogP) is 3.88. The van der Waals surface area contributed by atoms with E-state index in [1.807, 2.05) is 35.8 Å². The third-order valence-corrected chi connectivity index (χ3v) is 4.01. The molecule has 0 amide bonds. The first kappa shape index (κ1) is 15.3. The van der Waals surface area contributed by atoms with Gasteiger partial charge in [-0.2, -0.15) is 10.1 Å². The van der Waals surface area contributed by atoms with Crippen molar-refractivity contribution in [2.75, 3.05) is 5.32 Å². The fourth-order valence-corrected chi connectivity index (χ4v) is 2.87. The van der Waals surface area contributed by atoms with Crippen molar-refractivity contribution in [3.05, 3.63) is 77.9 Å². The van der Waals surface area contributed by atoms with Crippen molar-refractivity contribution in [1.29, 1.82) is 0 Å². The number of nitrogens with zero attached hydrogens (tertiary/aromatic N) is 4. The van der Waals surface area contributed by atoms with Gasteiger partial charge in [0.2, 0.25) is 0 Å². The molecule has 0 fully saturated rings. The van der Waals surface area contributed by atoms with E-state index in [0.29, 0.717) is 18.3 Å². The Labute approximate surface area is 144 Å². The second-order valence-electron chi connectivity index (χ2n) is 5.81. The van der Waals surface area contributed by atoms with Gasteiger partial charge in [-0.3, -0.25) is 4.57 Å². The first-order valence-corrected chi connectivity index (χ1v) is 7.96. The molecule has 0 unspecified atom stereocenters. The first-order chi connectivity index (χ1) is 12.2. The van der Waals surface area contributed by atoms with Crippen LogP contribution in [0.1, 0.15) is 11.3 Å². The minimum Gasteiger partial charge on any atom is -0.365 e. The number of aromatic nitrogens is 4. The Hall–Kier alpha value is -3.28. The zero-order valence-electron chi connectivity index (χ0n) is 13.6. The number of hydrogen-bond donors (Lipinski definition) is 1. The average molecular weight is 333 g/mol. The third-order valence-electron chi connectivity index (χ3n) is 4.01. The Morgan fingerprint density at radius 1 is 1.08 bits per heavy atom. The lowest BCUT2D eigenvalue weighted by Gasteiger charge is -2.09. The summed E-state index contributed by atoms with van der Waals surface area (Å²) in [6, 6.07) is 16.6. The highest BCUT2D eigenvalue weighted by molar-refractivity contribution is 5.82. The monoisotopic (exact) mass is 333 g/mol. The van der Waals surface area contributed by atoms with E-state index in [4.69, 9.17) is 0 Å². The number of para-hydroxylation sites is 1. The van der Waals surface area contributed by atoms with Crippen LogP contribution in [0.4, 0.5) is 10.2 Å². The molecule has 0 bridgehead atoms. The molecule has 6 heteroatoms. The Morgan fingerprint density at radius 2 is 1.96 bits per heavy atom. The predicted molar refractivity (Wildman–Crippen MR) is 95.1 cm³/mol. The zero-order chi connectivity index (χ0) is 17.2. The quantitative estimate of drug-likeness (QED) is 0.616. The van der Waals surface area contributed by atoms with E-state index in [9.17, 15) is 4.39 Å². The van der Waals surface area contributed by atoms with Crippen LogP contribution in [-0.2, 0) is 6.54 Å². The molecule has 2 aromatic heterocycles. The highest BCUT2D eigenvalue weighted by atomic mass is 19.1. The third kappa shape index (κ3) is 3.06. The van der Waals surface area contributed by atoms with E-state index in [-0.39, 0.29) is 5.82 Å². The number of fused-ring (bicyclic) bond motifs is 1. The van der Waals surface area contributed by atoms with Gasteiger partial charge in [0.05, 0.1) is 11.7 Å². The molecule has 1 N–H and O–H groups in total. The largest absolute Gasteiger partial charge is 0.365 e. The van der Waals surface area contributed by atoms with E-state index in [0.717, 1.165) is 22.2 Å². The summed E-state index contributed by atoms with van der Waals surface area (Å²) < 4.78 is 15.2. The molecule has 0 aliphatic rings. The molecule has 4 rings (SSSR count). The van der Waals surface area contributed by atoms with Crippen LogP contribution in [-0.4, -0.2) is 19.7 Å². The minimum atomic E-state index is -0.254. The number of hydrogen-bond acceptors (Lipinski definition) is 4. The molecule has 2 heterocycles. The summed E-state index contributed by atoms with van der Waals surface area (Å²) >= 11 is 0. The molecule has 25 heavy (non-hydrogen) atoms. The number of halogens is 1. The molecule has 5 nitrogen and oxygen atoms in total. The SMILES string of the molecule is Cc1cc2ccccc2n1-c1nncc(NCc2cccc(F)c2)n1. The van der Waals surface area contributed by atoms with Crippen molar-refractivity contribution in [3.63, 3.8) is 0 Å². The van der Waals surface area contributed by atoms with Crippen LogP contribution in [0.5, 0.6) is 0 Å². The topological polar surface area (TPSA) is 55.6 Å². The van der Waals surface area contributed by atoms with Crippen LogP contribution in [0.15, 0.2) is 60.8 Å². The summed E-state index contributed by atoms with van der Waals surface area (Å²) in [5, 5.41) is 12.5. The normalized spacial score (nSPS) is 11.0. The average Bonchev–Trinajstić information content (AvgIpc) is 2.96. The maximum absolute atomic E-state index is 13.3. The Kier molecular flexibility index (Phi) is 3.85. The highest BCUT2D eigenvalue weighted by Gasteiger charge is 2.10. The summed E-state index contributed by atoms with van der Waals surface area (Å²) in [6.45, 7) is 2.47. The van der Waals surface area contributed by atoms with Crippen molar-refractivity contribution >= 4 is 16.7 Å². The number of aryl methyl sites for hydroxylation is 1. The molecule has 0 aliphatic carbocycles. The molecule has 0 spiro atoms. The fourth-order valence-electron chi connectivity index (χ4n) is 2.87. The van der Waals surface area contributed by atoms with Crippen LogP contribution in [0.2, 0.25) is 0 Å². The Bertz CT molecular complexity index is 1040. The van der Waals surface area contributed by atoms with Gasteiger partial charge in [-0.15, -0.1) is 5.10 Å². The zero-order valence-corrected chi connectivity index (χ0v) is 13.6. The van der Waals surface area contributed by atoms with E-state index in [1.165, 1.54) is 12.1 Å². The van der Waals surface area contributed by atoms with Crippen LogP contribution in [0.3, 0.4) is 0 Å². The molecular weight excluding hydrogens is 317 g/mol. The molecule has 0 atom stereocenters. The molecule has 2 aromatic carbocycles. The van der Waals surface area contributed by atoms with Crippen molar-refractivity contribution in [2.24, 2.45) is 0 Å². The van der Waals surface area contributed by atoms with E-state index in [1.54, 1.807) is 12.3 Å². The summed E-state index contributed by atoms with van der Waals surface area (Å²) in [5.74, 6) is 0.838. The minimum absolute atomic E-state index is 0.254. The van der Waals surface area contributed by atoms with E-state index >= 15 is 0 Å². The van der Waals surface area contributed by atoms with Crippen LogP contribution in [0.25, 0.3) is 16.9 Å².